The molecule has 1 heterocycles. The van der Waals surface area contributed by atoms with E-state index in [1.165, 1.54) is 36.5 Å². The number of esters is 1. The van der Waals surface area contributed by atoms with Crippen molar-refractivity contribution in [2.75, 3.05) is 12.4 Å². The zero-order chi connectivity index (χ0) is 16.2. The van der Waals surface area contributed by atoms with Crippen LogP contribution in [-0.4, -0.2) is 36.7 Å². The Hall–Kier alpha value is -2.35. The maximum atomic E-state index is 12.9. The lowest BCUT2D eigenvalue weighted by atomic mass is 10.1. The van der Waals surface area contributed by atoms with Gasteiger partial charge in [-0.05, 0) is 37.3 Å². The summed E-state index contributed by atoms with van der Waals surface area (Å²) in [6.45, 7) is 1.67. The molecular formula is C14H13FN2O4S. The molecule has 0 aliphatic rings. The fourth-order valence-corrected chi connectivity index (χ4v) is 2.68. The number of halogens is 1. The average molecular weight is 324 g/mol. The second-order valence-electron chi connectivity index (χ2n) is 4.30. The molecule has 0 bridgehead atoms. The van der Waals surface area contributed by atoms with Crippen LogP contribution in [-0.2, 0) is 19.4 Å². The van der Waals surface area contributed by atoms with E-state index >= 15 is 0 Å². The zero-order valence-electron chi connectivity index (χ0n) is 11.7. The van der Waals surface area contributed by atoms with Crippen LogP contribution in [0.4, 0.5) is 4.39 Å². The highest BCUT2D eigenvalue weighted by molar-refractivity contribution is 7.91. The van der Waals surface area contributed by atoms with Crippen LogP contribution in [0, 0.1) is 5.82 Å². The van der Waals surface area contributed by atoms with Crippen molar-refractivity contribution in [3.63, 3.8) is 0 Å². The van der Waals surface area contributed by atoms with Gasteiger partial charge >= 0.3 is 5.97 Å². The van der Waals surface area contributed by atoms with Crippen LogP contribution in [0.25, 0.3) is 11.3 Å². The Morgan fingerprint density at radius 2 is 1.91 bits per heavy atom. The van der Waals surface area contributed by atoms with Crippen molar-refractivity contribution in [1.29, 1.82) is 0 Å². The summed E-state index contributed by atoms with van der Waals surface area (Å²) in [7, 11) is -3.99. The first kappa shape index (κ1) is 16.0. The highest BCUT2D eigenvalue weighted by atomic mass is 32.2. The van der Waals surface area contributed by atoms with Crippen molar-refractivity contribution in [3.8, 4) is 11.3 Å². The number of sulfone groups is 1. The van der Waals surface area contributed by atoms with Crippen LogP contribution in [0.5, 0.6) is 0 Å². The summed E-state index contributed by atoms with van der Waals surface area (Å²) in [5, 5.41) is -0.470. The fourth-order valence-electron chi connectivity index (χ4n) is 1.69. The van der Waals surface area contributed by atoms with E-state index in [1.54, 1.807) is 6.92 Å². The fraction of sp³-hybridized carbons (Fsp3) is 0.214. The predicted octanol–water partition coefficient (Wildman–Crippen LogP) is 1.62. The third kappa shape index (κ3) is 3.85. The number of carbonyl (C=O) groups excluding carboxylic acids is 1. The SMILES string of the molecule is CCOC(=O)CS(=O)(=O)c1nccc(-c2ccc(F)cc2)n1. The molecule has 0 aliphatic carbocycles. The standard InChI is InChI=1S/C14H13FN2O4S/c1-2-21-13(18)9-22(19,20)14-16-8-7-12(17-14)10-3-5-11(15)6-4-10/h3-8H,2,9H2,1H3. The molecule has 0 N–H and O–H groups in total. The number of benzene rings is 1. The lowest BCUT2D eigenvalue weighted by molar-refractivity contribution is -0.139. The monoisotopic (exact) mass is 324 g/mol. The molecule has 0 fully saturated rings. The van der Waals surface area contributed by atoms with Crippen LogP contribution in [0.15, 0.2) is 41.7 Å². The normalized spacial score (nSPS) is 11.2. The molecular weight excluding hydrogens is 311 g/mol. The molecule has 22 heavy (non-hydrogen) atoms. The molecule has 2 rings (SSSR count). The van der Waals surface area contributed by atoms with Gasteiger partial charge in [0.15, 0.2) is 5.75 Å². The van der Waals surface area contributed by atoms with Gasteiger partial charge in [-0.25, -0.2) is 22.8 Å². The van der Waals surface area contributed by atoms with E-state index in [1.807, 2.05) is 0 Å². The van der Waals surface area contributed by atoms with E-state index in [9.17, 15) is 17.6 Å². The quantitative estimate of drug-likeness (QED) is 0.613. The van der Waals surface area contributed by atoms with Gasteiger partial charge in [-0.3, -0.25) is 4.79 Å². The Labute approximate surface area is 126 Å². The summed E-state index contributed by atoms with van der Waals surface area (Å²) < 4.78 is 41.7. The van der Waals surface area contributed by atoms with Crippen LogP contribution < -0.4 is 0 Å². The Morgan fingerprint density at radius 3 is 2.55 bits per heavy atom. The van der Waals surface area contributed by atoms with E-state index in [-0.39, 0.29) is 6.61 Å². The van der Waals surface area contributed by atoms with E-state index in [2.05, 4.69) is 14.7 Å². The second-order valence-corrected chi connectivity index (χ2v) is 6.18. The summed E-state index contributed by atoms with van der Waals surface area (Å²) in [6, 6.07) is 6.92. The molecule has 1 aromatic heterocycles. The van der Waals surface area contributed by atoms with Crippen LogP contribution in [0.1, 0.15) is 6.92 Å². The molecule has 2 aromatic rings. The molecule has 0 unspecified atom stereocenters. The molecule has 0 saturated carbocycles. The van der Waals surface area contributed by atoms with Gasteiger partial charge in [-0.15, -0.1) is 0 Å². The first-order valence-electron chi connectivity index (χ1n) is 6.40. The summed E-state index contributed by atoms with van der Waals surface area (Å²) in [5.41, 5.74) is 0.855. The third-order valence-corrected chi connectivity index (χ3v) is 4.03. The molecule has 0 saturated heterocycles. The molecule has 0 atom stereocenters. The van der Waals surface area contributed by atoms with Crippen LogP contribution in [0.2, 0.25) is 0 Å². The number of hydrogen-bond acceptors (Lipinski definition) is 6. The van der Waals surface area contributed by atoms with E-state index in [0.717, 1.165) is 0 Å². The maximum Gasteiger partial charge on any atom is 0.321 e. The Balaban J connectivity index is 2.31. The third-order valence-electron chi connectivity index (χ3n) is 2.66. The smallest absolute Gasteiger partial charge is 0.321 e. The highest BCUT2D eigenvalue weighted by Crippen LogP contribution is 2.18. The van der Waals surface area contributed by atoms with Crippen LogP contribution in [0.3, 0.4) is 0 Å². The molecule has 0 spiro atoms. The predicted molar refractivity (Wildman–Crippen MR) is 76.1 cm³/mol. The zero-order valence-corrected chi connectivity index (χ0v) is 12.5. The molecule has 0 aliphatic heterocycles. The number of nitrogens with zero attached hydrogens (tertiary/aromatic N) is 2. The summed E-state index contributed by atoms with van der Waals surface area (Å²) >= 11 is 0. The van der Waals surface area contributed by atoms with Gasteiger partial charge in [0, 0.05) is 11.8 Å². The first-order valence-corrected chi connectivity index (χ1v) is 8.05. The highest BCUT2D eigenvalue weighted by Gasteiger charge is 2.23. The molecule has 1 aromatic carbocycles. The largest absolute Gasteiger partial charge is 0.465 e. The van der Waals surface area contributed by atoms with Crippen molar-refractivity contribution in [3.05, 3.63) is 42.3 Å². The molecule has 6 nitrogen and oxygen atoms in total. The number of aromatic nitrogens is 2. The minimum Gasteiger partial charge on any atom is -0.465 e. The maximum absolute atomic E-state index is 12.9. The van der Waals surface area contributed by atoms with Gasteiger partial charge in [-0.1, -0.05) is 0 Å². The lowest BCUT2D eigenvalue weighted by Crippen LogP contribution is -2.20. The number of carbonyl (C=O) groups is 1. The Bertz CT molecular complexity index is 776. The lowest BCUT2D eigenvalue weighted by Gasteiger charge is -2.05. The minimum absolute atomic E-state index is 0.0881. The van der Waals surface area contributed by atoms with E-state index in [0.29, 0.717) is 11.3 Å². The molecule has 0 amide bonds. The number of rotatable bonds is 5. The van der Waals surface area contributed by atoms with Gasteiger partial charge in [0.25, 0.3) is 0 Å². The molecule has 8 heteroatoms. The summed E-state index contributed by atoms with van der Waals surface area (Å²) in [6.07, 6.45) is 1.27. The Kier molecular flexibility index (Phi) is 4.81. The van der Waals surface area contributed by atoms with Crippen molar-refractivity contribution < 1.29 is 22.3 Å². The topological polar surface area (TPSA) is 86.2 Å². The van der Waals surface area contributed by atoms with Gasteiger partial charge in [0.1, 0.15) is 5.82 Å². The molecule has 0 radical (unpaired) electrons. The number of hydrogen-bond donors (Lipinski definition) is 0. The van der Waals surface area contributed by atoms with Crippen LogP contribution >= 0.6 is 0 Å². The van der Waals surface area contributed by atoms with E-state index < -0.39 is 32.5 Å². The second kappa shape index (κ2) is 6.61. The van der Waals surface area contributed by atoms with Gasteiger partial charge < -0.3 is 4.74 Å². The van der Waals surface area contributed by atoms with Crippen molar-refractivity contribution in [2.24, 2.45) is 0 Å². The first-order chi connectivity index (χ1) is 10.4. The molecule has 116 valence electrons. The average Bonchev–Trinajstić information content (AvgIpc) is 2.48. The van der Waals surface area contributed by atoms with Gasteiger partial charge in [-0.2, -0.15) is 0 Å². The van der Waals surface area contributed by atoms with Gasteiger partial charge in [0.2, 0.25) is 15.0 Å². The van der Waals surface area contributed by atoms with Gasteiger partial charge in [0.05, 0.1) is 12.3 Å². The number of ether oxygens (including phenoxy) is 1. The van der Waals surface area contributed by atoms with Crippen molar-refractivity contribution in [2.45, 2.75) is 12.1 Å². The minimum atomic E-state index is -3.99. The summed E-state index contributed by atoms with van der Waals surface area (Å²) in [4.78, 5) is 18.9. The Morgan fingerprint density at radius 1 is 1.23 bits per heavy atom. The van der Waals surface area contributed by atoms with Crippen molar-refractivity contribution in [1.82, 2.24) is 9.97 Å². The van der Waals surface area contributed by atoms with E-state index in [4.69, 9.17) is 0 Å². The summed E-state index contributed by atoms with van der Waals surface area (Å²) in [5.74, 6) is -2.10. The van der Waals surface area contributed by atoms with Crippen molar-refractivity contribution >= 4 is 15.8 Å².